The number of benzene rings is 1. The number of amides is 1. The van der Waals surface area contributed by atoms with E-state index in [1.165, 1.54) is 19.5 Å². The first-order chi connectivity index (χ1) is 18.5. The molecule has 2 aromatic heterocycles. The summed E-state index contributed by atoms with van der Waals surface area (Å²) in [5, 5.41) is 2.82. The van der Waals surface area contributed by atoms with Crippen molar-refractivity contribution in [2.24, 2.45) is 10.7 Å². The number of pyridine rings is 1. The third-order valence-corrected chi connectivity index (χ3v) is 6.65. The van der Waals surface area contributed by atoms with Gasteiger partial charge in [0, 0.05) is 23.2 Å². The normalized spacial score (nSPS) is 19.7. The van der Waals surface area contributed by atoms with Gasteiger partial charge in [-0.25, -0.2) is 19.9 Å². The molecule has 3 aliphatic heterocycles. The summed E-state index contributed by atoms with van der Waals surface area (Å²) in [5.74, 6) is -0.564. The predicted molar refractivity (Wildman–Crippen MR) is 134 cm³/mol. The third kappa shape index (κ3) is 4.08. The van der Waals surface area contributed by atoms with Gasteiger partial charge in [0.25, 0.3) is 17.9 Å². The highest BCUT2D eigenvalue weighted by atomic mass is 19.1. The van der Waals surface area contributed by atoms with E-state index in [4.69, 9.17) is 24.7 Å². The molecule has 0 fully saturated rings. The van der Waals surface area contributed by atoms with Crippen LogP contribution >= 0.6 is 0 Å². The molecule has 3 N–H and O–H groups in total. The minimum atomic E-state index is -1.11. The molecule has 1 atom stereocenters. The predicted octanol–water partition coefficient (Wildman–Crippen LogP) is 3.16. The molecule has 3 aromatic rings. The number of carbonyl (C=O) groups excluding carboxylic acids is 1. The first kappa shape index (κ1) is 23.8. The Labute approximate surface area is 216 Å². The van der Waals surface area contributed by atoms with E-state index in [2.05, 4.69) is 25.3 Å². The second-order valence-electron chi connectivity index (χ2n) is 8.85. The van der Waals surface area contributed by atoms with Crippen LogP contribution < -0.4 is 20.5 Å². The Bertz CT molecular complexity index is 1490. The number of nitrogens with one attached hydrogen (secondary N) is 1. The van der Waals surface area contributed by atoms with Crippen LogP contribution in [0, 0.1) is 5.95 Å². The summed E-state index contributed by atoms with van der Waals surface area (Å²) >= 11 is 0. The van der Waals surface area contributed by atoms with Crippen molar-refractivity contribution in [3.05, 3.63) is 71.2 Å². The zero-order valence-corrected chi connectivity index (χ0v) is 20.4. The zero-order valence-electron chi connectivity index (χ0n) is 20.4. The minimum Gasteiger partial charge on any atom is -0.480 e. The third-order valence-electron chi connectivity index (χ3n) is 6.65. The molecule has 0 aliphatic carbocycles. The summed E-state index contributed by atoms with van der Waals surface area (Å²) < 4.78 is 37.3. The van der Waals surface area contributed by atoms with Gasteiger partial charge in [0.05, 0.1) is 45.0 Å². The van der Waals surface area contributed by atoms with E-state index >= 15 is 4.39 Å². The minimum absolute atomic E-state index is 0.0161. The molecule has 0 radical (unpaired) electrons. The lowest BCUT2D eigenvalue weighted by Gasteiger charge is -2.39. The molecule has 1 aromatic carbocycles. The van der Waals surface area contributed by atoms with E-state index in [9.17, 15) is 4.79 Å². The van der Waals surface area contributed by atoms with Gasteiger partial charge in [-0.1, -0.05) is 6.08 Å². The SMILES string of the molecule is COc1cnc(C(=O)Nc2ccc3c(c2)C2(CCOC(N)=N2)c2cc(C4=CCOCC4)nc(F)c2O3)cn1. The molecule has 11 nitrogen and oxygen atoms in total. The Kier molecular flexibility index (Phi) is 5.87. The lowest BCUT2D eigenvalue weighted by atomic mass is 9.77. The van der Waals surface area contributed by atoms with Gasteiger partial charge in [0.2, 0.25) is 5.88 Å². The van der Waals surface area contributed by atoms with E-state index in [0.29, 0.717) is 60.2 Å². The molecule has 6 rings (SSSR count). The average molecular weight is 519 g/mol. The Hall–Kier alpha value is -4.58. The number of hydrogen-bond donors (Lipinski definition) is 2. The van der Waals surface area contributed by atoms with Gasteiger partial charge in [0.1, 0.15) is 17.0 Å². The molecule has 1 spiro atoms. The molecule has 0 saturated carbocycles. The van der Waals surface area contributed by atoms with Crippen molar-refractivity contribution in [1.82, 2.24) is 15.0 Å². The lowest BCUT2D eigenvalue weighted by molar-refractivity contribution is 0.102. The summed E-state index contributed by atoms with van der Waals surface area (Å²) in [6.45, 7) is 1.21. The van der Waals surface area contributed by atoms with Gasteiger partial charge in [-0.05, 0) is 36.3 Å². The summed E-state index contributed by atoms with van der Waals surface area (Å²) in [5.41, 5.74) is 7.95. The maximum Gasteiger partial charge on any atom is 0.283 e. The molecular weight excluding hydrogens is 495 g/mol. The second kappa shape index (κ2) is 9.38. The molecule has 0 bridgehead atoms. The number of aliphatic imine (C=N–C) groups is 1. The topological polar surface area (TPSA) is 143 Å². The number of nitrogens with zero attached hydrogens (tertiary/aromatic N) is 4. The van der Waals surface area contributed by atoms with Crippen LogP contribution in [0.15, 0.2) is 47.7 Å². The van der Waals surface area contributed by atoms with Crippen molar-refractivity contribution in [1.29, 1.82) is 0 Å². The fraction of sp³-hybridized carbons (Fsp3) is 0.269. The van der Waals surface area contributed by atoms with Gasteiger partial charge in [-0.3, -0.25) is 4.79 Å². The Morgan fingerprint density at radius 2 is 2.08 bits per heavy atom. The molecule has 194 valence electrons. The summed E-state index contributed by atoms with van der Waals surface area (Å²) in [6.07, 6.45) is 5.53. The van der Waals surface area contributed by atoms with Crippen LogP contribution in [0.3, 0.4) is 0 Å². The zero-order chi connectivity index (χ0) is 26.3. The van der Waals surface area contributed by atoms with Crippen LogP contribution in [0.25, 0.3) is 5.57 Å². The number of carbonyl (C=O) groups is 1. The highest BCUT2D eigenvalue weighted by molar-refractivity contribution is 6.02. The van der Waals surface area contributed by atoms with Gasteiger partial charge in [-0.15, -0.1) is 0 Å². The lowest BCUT2D eigenvalue weighted by Crippen LogP contribution is -2.39. The maximum absolute atomic E-state index is 15.4. The summed E-state index contributed by atoms with van der Waals surface area (Å²) in [6, 6.07) is 6.79. The highest BCUT2D eigenvalue weighted by Gasteiger charge is 2.46. The number of hydrogen-bond acceptors (Lipinski definition) is 10. The number of aromatic nitrogens is 3. The van der Waals surface area contributed by atoms with E-state index in [1.807, 2.05) is 6.08 Å². The first-order valence-corrected chi connectivity index (χ1v) is 11.9. The van der Waals surface area contributed by atoms with Crippen LogP contribution in [0.5, 0.6) is 17.4 Å². The number of fused-ring (bicyclic) bond motifs is 4. The van der Waals surface area contributed by atoms with Crippen LogP contribution in [0.2, 0.25) is 0 Å². The van der Waals surface area contributed by atoms with Gasteiger partial charge in [-0.2, -0.15) is 4.39 Å². The molecule has 5 heterocycles. The fourth-order valence-electron chi connectivity index (χ4n) is 4.81. The molecule has 1 amide bonds. The average Bonchev–Trinajstić information content (AvgIpc) is 2.94. The number of amidine groups is 1. The Balaban J connectivity index is 1.43. The molecule has 3 aliphatic rings. The number of methoxy groups -OCH3 is 1. The second-order valence-corrected chi connectivity index (χ2v) is 8.85. The van der Waals surface area contributed by atoms with E-state index in [-0.39, 0.29) is 24.1 Å². The van der Waals surface area contributed by atoms with Crippen LogP contribution in [-0.2, 0) is 15.0 Å². The van der Waals surface area contributed by atoms with Crippen LogP contribution in [-0.4, -0.2) is 53.8 Å². The van der Waals surface area contributed by atoms with Crippen molar-refractivity contribution in [3.8, 4) is 17.4 Å². The highest BCUT2D eigenvalue weighted by Crippen LogP contribution is 2.53. The van der Waals surface area contributed by atoms with Crippen molar-refractivity contribution >= 4 is 23.2 Å². The number of anilines is 1. The number of halogens is 1. The summed E-state index contributed by atoms with van der Waals surface area (Å²) in [7, 11) is 1.46. The van der Waals surface area contributed by atoms with Crippen molar-refractivity contribution in [2.45, 2.75) is 18.4 Å². The number of ether oxygens (including phenoxy) is 4. The quantitative estimate of drug-likeness (QED) is 0.498. The largest absolute Gasteiger partial charge is 0.480 e. The number of rotatable bonds is 4. The molecule has 38 heavy (non-hydrogen) atoms. The standard InChI is InChI=1S/C26H23FN6O5/c1-35-21-13-29-19(12-30-21)24(34)31-15-2-3-20-16(10-15)26(6-9-37-25(28)33-26)17-11-18(14-4-7-36-8-5-14)32-23(27)22(17)38-20/h2-4,10-13H,5-9H2,1H3,(H2,28,33)(H,31,34). The van der Waals surface area contributed by atoms with E-state index in [1.54, 1.807) is 24.3 Å². The van der Waals surface area contributed by atoms with Crippen molar-refractivity contribution in [2.75, 3.05) is 32.2 Å². The van der Waals surface area contributed by atoms with Crippen molar-refractivity contribution < 1.29 is 28.1 Å². The molecular formula is C26H23FN6O5. The first-order valence-electron chi connectivity index (χ1n) is 11.9. The Morgan fingerprint density at radius 1 is 1.18 bits per heavy atom. The maximum atomic E-state index is 15.4. The van der Waals surface area contributed by atoms with Gasteiger partial charge >= 0.3 is 0 Å². The Morgan fingerprint density at radius 3 is 2.82 bits per heavy atom. The fourth-order valence-corrected chi connectivity index (χ4v) is 4.81. The number of nitrogens with two attached hydrogens (primary N) is 1. The van der Waals surface area contributed by atoms with E-state index < -0.39 is 17.4 Å². The van der Waals surface area contributed by atoms with Gasteiger partial charge in [0.15, 0.2) is 5.75 Å². The van der Waals surface area contributed by atoms with Crippen LogP contribution in [0.1, 0.15) is 40.2 Å². The van der Waals surface area contributed by atoms with Crippen LogP contribution in [0.4, 0.5) is 10.1 Å². The summed E-state index contributed by atoms with van der Waals surface area (Å²) in [4.78, 5) is 29.8. The smallest absolute Gasteiger partial charge is 0.283 e. The molecule has 0 saturated heterocycles. The molecule has 1 unspecified atom stereocenters. The van der Waals surface area contributed by atoms with Gasteiger partial charge < -0.3 is 30.0 Å². The molecule has 12 heteroatoms. The monoisotopic (exact) mass is 518 g/mol. The van der Waals surface area contributed by atoms with Crippen molar-refractivity contribution in [3.63, 3.8) is 0 Å². The van der Waals surface area contributed by atoms with E-state index in [0.717, 1.165) is 5.57 Å².